The Hall–Kier alpha value is -3.13. The van der Waals surface area contributed by atoms with Gasteiger partial charge in [-0.15, -0.1) is 0 Å². The number of methoxy groups -OCH3 is 1. The van der Waals surface area contributed by atoms with E-state index in [0.717, 1.165) is 11.3 Å². The fourth-order valence-electron chi connectivity index (χ4n) is 2.92. The number of nitrogens with one attached hydrogen (secondary N) is 3. The van der Waals surface area contributed by atoms with Crippen LogP contribution in [0.5, 0.6) is 0 Å². The number of nitrogens with zero attached hydrogens (tertiary/aromatic N) is 1. The number of imidazole rings is 1. The van der Waals surface area contributed by atoms with Crippen molar-refractivity contribution in [3.8, 4) is 11.3 Å². The lowest BCUT2D eigenvalue weighted by atomic mass is 10.0. The molecule has 0 radical (unpaired) electrons. The van der Waals surface area contributed by atoms with Crippen LogP contribution in [-0.2, 0) is 9.53 Å². The van der Waals surface area contributed by atoms with Gasteiger partial charge >= 0.3 is 6.09 Å². The van der Waals surface area contributed by atoms with Gasteiger partial charge in [-0.3, -0.25) is 10.1 Å². The zero-order valence-electron chi connectivity index (χ0n) is 15.3. The first kappa shape index (κ1) is 18.7. The molecule has 0 unspecified atom stereocenters. The van der Waals surface area contributed by atoms with E-state index < -0.39 is 6.09 Å². The van der Waals surface area contributed by atoms with E-state index in [2.05, 4.69) is 25.3 Å². The summed E-state index contributed by atoms with van der Waals surface area (Å²) in [6, 6.07) is 4.95. The van der Waals surface area contributed by atoms with Crippen molar-refractivity contribution < 1.29 is 14.3 Å². The van der Waals surface area contributed by atoms with Gasteiger partial charge in [-0.1, -0.05) is 19.1 Å². The molecule has 0 saturated heterocycles. The molecule has 0 fully saturated rings. The predicted molar refractivity (Wildman–Crippen MR) is 103 cm³/mol. The molecule has 5 N–H and O–H groups in total. The summed E-state index contributed by atoms with van der Waals surface area (Å²) in [4.78, 5) is 31.5. The molecule has 3 rings (SSSR count). The standard InChI is InChI=1S/C19H23N5O3/c1-11-4-3-5-14(20)18-21-10-16(24-18)13-7-6-12(22-19(26)27-2)9-15(13)23-17(25)8-11/h3-4,6-7,9-11,14H,5,8,20H2,1-2H3,(H,21,24)(H,22,26)(H,23,25)/b4-3-/t11-,14+/m1/s1. The van der Waals surface area contributed by atoms with E-state index in [-0.39, 0.29) is 17.9 Å². The molecule has 0 saturated carbocycles. The first-order chi connectivity index (χ1) is 13.0. The van der Waals surface area contributed by atoms with Crippen LogP contribution in [0.4, 0.5) is 16.2 Å². The number of carbonyl (C=O) groups is 2. The number of hydrogen-bond acceptors (Lipinski definition) is 5. The first-order valence-electron chi connectivity index (χ1n) is 8.72. The van der Waals surface area contributed by atoms with Gasteiger partial charge in [-0.2, -0.15) is 0 Å². The van der Waals surface area contributed by atoms with Crippen LogP contribution in [0.3, 0.4) is 0 Å². The number of amides is 2. The van der Waals surface area contributed by atoms with E-state index in [9.17, 15) is 9.59 Å². The van der Waals surface area contributed by atoms with Gasteiger partial charge in [-0.05, 0) is 30.5 Å². The maximum absolute atomic E-state index is 12.5. The summed E-state index contributed by atoms with van der Waals surface area (Å²) in [7, 11) is 1.29. The molecule has 1 aromatic heterocycles. The van der Waals surface area contributed by atoms with E-state index in [1.165, 1.54) is 7.11 Å². The molecule has 142 valence electrons. The largest absolute Gasteiger partial charge is 0.453 e. The summed E-state index contributed by atoms with van der Waals surface area (Å²) in [5, 5.41) is 5.53. The second kappa shape index (κ2) is 8.05. The molecule has 2 bridgehead atoms. The van der Waals surface area contributed by atoms with E-state index in [4.69, 9.17) is 5.73 Å². The Kier molecular flexibility index (Phi) is 5.56. The molecule has 2 amide bonds. The summed E-state index contributed by atoms with van der Waals surface area (Å²) in [5.74, 6) is 0.631. The molecule has 1 aromatic carbocycles. The normalized spacial score (nSPS) is 20.9. The summed E-state index contributed by atoms with van der Waals surface area (Å²) in [6.07, 6.45) is 6.04. The number of fused-ring (bicyclic) bond motifs is 4. The fraction of sp³-hybridized carbons (Fsp3) is 0.316. The highest BCUT2D eigenvalue weighted by atomic mass is 16.5. The SMILES string of the molecule is COC(=O)Nc1ccc2c(c1)NC(=O)C[C@H](C)/C=C\C[C@H](N)c1ncc-2[nH]1. The minimum Gasteiger partial charge on any atom is -0.453 e. The molecule has 1 aliphatic rings. The molecule has 8 nitrogen and oxygen atoms in total. The Balaban J connectivity index is 2.02. The average molecular weight is 369 g/mol. The third-order valence-electron chi connectivity index (χ3n) is 4.32. The number of anilines is 2. The lowest BCUT2D eigenvalue weighted by Gasteiger charge is -2.14. The fourth-order valence-corrected chi connectivity index (χ4v) is 2.92. The van der Waals surface area contributed by atoms with Gasteiger partial charge in [0.1, 0.15) is 5.82 Å². The minimum atomic E-state index is -0.584. The van der Waals surface area contributed by atoms with Gasteiger partial charge < -0.3 is 20.8 Å². The number of rotatable bonds is 1. The Morgan fingerprint density at radius 1 is 1.41 bits per heavy atom. The lowest BCUT2D eigenvalue weighted by molar-refractivity contribution is -0.116. The van der Waals surface area contributed by atoms with E-state index >= 15 is 0 Å². The van der Waals surface area contributed by atoms with Crippen LogP contribution < -0.4 is 16.4 Å². The molecule has 1 aliphatic heterocycles. The zero-order chi connectivity index (χ0) is 19.4. The van der Waals surface area contributed by atoms with Crippen LogP contribution in [0.15, 0.2) is 36.5 Å². The molecule has 0 spiro atoms. The number of nitrogens with two attached hydrogens (primary N) is 1. The topological polar surface area (TPSA) is 122 Å². The second-order valence-corrected chi connectivity index (χ2v) is 6.56. The van der Waals surface area contributed by atoms with Crippen molar-refractivity contribution in [2.75, 3.05) is 17.7 Å². The second-order valence-electron chi connectivity index (χ2n) is 6.56. The number of allylic oxidation sites excluding steroid dienone is 1. The van der Waals surface area contributed by atoms with Gasteiger partial charge in [0.15, 0.2) is 0 Å². The minimum absolute atomic E-state index is 0.0732. The quantitative estimate of drug-likeness (QED) is 0.575. The van der Waals surface area contributed by atoms with Crippen molar-refractivity contribution in [3.63, 3.8) is 0 Å². The number of aromatic nitrogens is 2. The number of benzene rings is 1. The number of hydrogen-bond donors (Lipinski definition) is 4. The Bertz CT molecular complexity index is 874. The number of H-pyrrole nitrogens is 1. The monoisotopic (exact) mass is 369 g/mol. The molecule has 2 heterocycles. The highest BCUT2D eigenvalue weighted by molar-refractivity contribution is 5.97. The van der Waals surface area contributed by atoms with E-state index in [0.29, 0.717) is 30.0 Å². The third kappa shape index (κ3) is 4.53. The molecule has 27 heavy (non-hydrogen) atoms. The van der Waals surface area contributed by atoms with E-state index in [1.54, 1.807) is 24.4 Å². The predicted octanol–water partition coefficient (Wildman–Crippen LogP) is 3.18. The third-order valence-corrected chi connectivity index (χ3v) is 4.32. The summed E-state index contributed by atoms with van der Waals surface area (Å²) < 4.78 is 4.62. The molecular formula is C19H23N5O3. The lowest BCUT2D eigenvalue weighted by Crippen LogP contribution is -2.16. The average Bonchev–Trinajstić information content (AvgIpc) is 3.11. The van der Waals surface area contributed by atoms with Gasteiger partial charge in [0.05, 0.1) is 30.7 Å². The maximum Gasteiger partial charge on any atom is 0.411 e. The van der Waals surface area contributed by atoms with E-state index in [1.807, 2.05) is 19.1 Å². The Morgan fingerprint density at radius 3 is 3.00 bits per heavy atom. The van der Waals surface area contributed by atoms with Crippen molar-refractivity contribution in [2.45, 2.75) is 25.8 Å². The summed E-state index contributed by atoms with van der Waals surface area (Å²) in [5.41, 5.74) is 8.76. The van der Waals surface area contributed by atoms with Gasteiger partial charge in [0, 0.05) is 17.7 Å². The van der Waals surface area contributed by atoms with Crippen molar-refractivity contribution in [1.29, 1.82) is 0 Å². The highest BCUT2D eigenvalue weighted by Crippen LogP contribution is 2.31. The molecule has 0 aliphatic carbocycles. The zero-order valence-corrected chi connectivity index (χ0v) is 15.3. The highest BCUT2D eigenvalue weighted by Gasteiger charge is 2.17. The molecule has 2 atom stereocenters. The van der Waals surface area contributed by atoms with Crippen molar-refractivity contribution in [1.82, 2.24) is 9.97 Å². The summed E-state index contributed by atoms with van der Waals surface area (Å²) >= 11 is 0. The number of aromatic amines is 1. The van der Waals surface area contributed by atoms with Crippen LogP contribution in [0.25, 0.3) is 11.3 Å². The number of carbonyl (C=O) groups excluding carboxylic acids is 2. The Labute approximate surface area is 157 Å². The van der Waals surface area contributed by atoms with Crippen LogP contribution in [0, 0.1) is 5.92 Å². The smallest absolute Gasteiger partial charge is 0.411 e. The van der Waals surface area contributed by atoms with Crippen molar-refractivity contribution >= 4 is 23.4 Å². The van der Waals surface area contributed by atoms with Crippen molar-refractivity contribution in [3.05, 3.63) is 42.4 Å². The molecule has 2 aromatic rings. The molecular weight excluding hydrogens is 346 g/mol. The van der Waals surface area contributed by atoms with Gasteiger partial charge in [0.25, 0.3) is 0 Å². The maximum atomic E-state index is 12.5. The Morgan fingerprint density at radius 2 is 2.22 bits per heavy atom. The van der Waals surface area contributed by atoms with Crippen LogP contribution in [0.1, 0.15) is 31.6 Å². The van der Waals surface area contributed by atoms with Crippen LogP contribution in [0.2, 0.25) is 0 Å². The summed E-state index contributed by atoms with van der Waals surface area (Å²) in [6.45, 7) is 1.97. The van der Waals surface area contributed by atoms with Gasteiger partial charge in [-0.25, -0.2) is 9.78 Å². The van der Waals surface area contributed by atoms with Crippen LogP contribution >= 0.6 is 0 Å². The van der Waals surface area contributed by atoms with Gasteiger partial charge in [0.2, 0.25) is 5.91 Å². The first-order valence-corrected chi connectivity index (χ1v) is 8.72. The molecule has 8 heteroatoms. The number of ether oxygens (including phenoxy) is 1. The van der Waals surface area contributed by atoms with Crippen molar-refractivity contribution in [2.24, 2.45) is 11.7 Å². The van der Waals surface area contributed by atoms with Crippen LogP contribution in [-0.4, -0.2) is 29.1 Å².